The third-order valence-corrected chi connectivity index (χ3v) is 8.23. The van der Waals surface area contributed by atoms with Crippen LogP contribution in [0, 0.1) is 0 Å². The van der Waals surface area contributed by atoms with Crippen molar-refractivity contribution in [2.45, 2.75) is 0 Å². The zero-order chi connectivity index (χ0) is 26.9. The van der Waals surface area contributed by atoms with Gasteiger partial charge in [-0.15, -0.1) is 0 Å². The zero-order valence-corrected chi connectivity index (χ0v) is 22.0. The molecule has 0 bridgehead atoms. The van der Waals surface area contributed by atoms with Crippen LogP contribution >= 0.6 is 0 Å². The summed E-state index contributed by atoms with van der Waals surface area (Å²) in [6.07, 6.45) is 0. The average molecular weight is 526 g/mol. The molecule has 0 radical (unpaired) electrons. The molecule has 1 aliphatic rings. The molecule has 0 N–H and O–H groups in total. The molecule has 9 rings (SSSR count). The maximum atomic E-state index is 6.78. The Hall–Kier alpha value is -5.54. The van der Waals surface area contributed by atoms with Crippen molar-refractivity contribution >= 4 is 43.4 Å². The highest BCUT2D eigenvalue weighted by molar-refractivity contribution is 6.12. The van der Waals surface area contributed by atoms with Crippen molar-refractivity contribution < 1.29 is 9.47 Å². The minimum atomic E-state index is 0.720. The van der Waals surface area contributed by atoms with Crippen LogP contribution in [0.4, 0.5) is 0 Å². The van der Waals surface area contributed by atoms with Gasteiger partial charge >= 0.3 is 0 Å². The van der Waals surface area contributed by atoms with Crippen LogP contribution in [-0.2, 0) is 0 Å². The Kier molecular flexibility index (Phi) is 4.61. The van der Waals surface area contributed by atoms with Crippen LogP contribution in [0.3, 0.4) is 0 Å². The van der Waals surface area contributed by atoms with Gasteiger partial charge in [-0.1, -0.05) is 97.1 Å². The first-order chi connectivity index (χ1) is 20.3. The second-order valence-corrected chi connectivity index (χ2v) is 10.6. The van der Waals surface area contributed by atoms with E-state index in [1.54, 1.807) is 0 Å². The van der Waals surface area contributed by atoms with E-state index in [1.807, 2.05) is 24.3 Å². The van der Waals surface area contributed by atoms with E-state index in [-0.39, 0.29) is 0 Å². The quantitative estimate of drug-likeness (QED) is 0.224. The molecule has 3 nitrogen and oxygen atoms in total. The van der Waals surface area contributed by atoms with Gasteiger partial charge in [-0.2, -0.15) is 0 Å². The molecular weight excluding hydrogens is 502 g/mol. The number of para-hydroxylation sites is 1. The minimum absolute atomic E-state index is 0.720. The van der Waals surface area contributed by atoms with Crippen LogP contribution in [-0.4, -0.2) is 4.57 Å². The maximum absolute atomic E-state index is 6.78. The van der Waals surface area contributed by atoms with E-state index in [0.717, 1.165) is 55.9 Å². The third kappa shape index (κ3) is 3.33. The molecular formula is C38H23NO2. The predicted octanol–water partition coefficient (Wildman–Crippen LogP) is 10.7. The normalized spacial score (nSPS) is 12.3. The Morgan fingerprint density at radius 2 is 1.07 bits per heavy atom. The average Bonchev–Trinajstić information content (AvgIpc) is 3.38. The molecule has 41 heavy (non-hydrogen) atoms. The van der Waals surface area contributed by atoms with E-state index in [9.17, 15) is 0 Å². The Labute approximate surface area is 236 Å². The van der Waals surface area contributed by atoms with Crippen LogP contribution in [0.2, 0.25) is 0 Å². The first kappa shape index (κ1) is 22.3. The summed E-state index contributed by atoms with van der Waals surface area (Å²) in [5, 5.41) is 6.96. The first-order valence-electron chi connectivity index (χ1n) is 13.9. The van der Waals surface area contributed by atoms with E-state index in [2.05, 4.69) is 120 Å². The lowest BCUT2D eigenvalue weighted by molar-refractivity contribution is 0.366. The number of rotatable bonds is 2. The predicted molar refractivity (Wildman–Crippen MR) is 168 cm³/mol. The SMILES string of the molecule is c1ccc2cc(-c3ccc(-n4c5ccccc5c5ccc6c(c54)Oc4c(ccc5ccccc45)O6)cc3)ccc2c1. The fourth-order valence-corrected chi connectivity index (χ4v) is 6.26. The second kappa shape index (κ2) is 8.48. The molecule has 0 aliphatic carbocycles. The van der Waals surface area contributed by atoms with Crippen molar-refractivity contribution in [3.63, 3.8) is 0 Å². The van der Waals surface area contributed by atoms with Gasteiger partial charge in [0.2, 0.25) is 0 Å². The van der Waals surface area contributed by atoms with Crippen LogP contribution in [0.5, 0.6) is 23.0 Å². The van der Waals surface area contributed by atoms with Gasteiger partial charge in [-0.05, 0) is 69.8 Å². The smallest absolute Gasteiger partial charge is 0.194 e. The lowest BCUT2D eigenvalue weighted by atomic mass is 10.0. The summed E-state index contributed by atoms with van der Waals surface area (Å²) in [5.74, 6) is 2.95. The van der Waals surface area contributed by atoms with Gasteiger partial charge in [0, 0.05) is 21.8 Å². The van der Waals surface area contributed by atoms with Gasteiger partial charge in [0.05, 0.1) is 5.52 Å². The highest BCUT2D eigenvalue weighted by Gasteiger charge is 2.26. The van der Waals surface area contributed by atoms with Crippen LogP contribution in [0.15, 0.2) is 140 Å². The molecule has 7 aromatic carbocycles. The molecule has 0 spiro atoms. The third-order valence-electron chi connectivity index (χ3n) is 8.23. The zero-order valence-electron chi connectivity index (χ0n) is 22.0. The molecule has 0 fully saturated rings. The van der Waals surface area contributed by atoms with E-state index >= 15 is 0 Å². The fraction of sp³-hybridized carbons (Fsp3) is 0. The molecule has 1 aromatic heterocycles. The van der Waals surface area contributed by atoms with Gasteiger partial charge in [0.1, 0.15) is 5.52 Å². The van der Waals surface area contributed by atoms with Gasteiger partial charge in [-0.3, -0.25) is 0 Å². The van der Waals surface area contributed by atoms with Crippen molar-refractivity contribution in [2.75, 3.05) is 0 Å². The van der Waals surface area contributed by atoms with Crippen molar-refractivity contribution in [1.82, 2.24) is 4.57 Å². The Balaban J connectivity index is 1.24. The van der Waals surface area contributed by atoms with E-state index in [1.165, 1.54) is 27.3 Å². The lowest BCUT2D eigenvalue weighted by Crippen LogP contribution is -2.02. The Bertz CT molecular complexity index is 2310. The highest BCUT2D eigenvalue weighted by Crippen LogP contribution is 2.52. The van der Waals surface area contributed by atoms with E-state index in [4.69, 9.17) is 9.47 Å². The molecule has 8 aromatic rings. The van der Waals surface area contributed by atoms with E-state index < -0.39 is 0 Å². The van der Waals surface area contributed by atoms with Crippen LogP contribution in [0.25, 0.3) is 60.2 Å². The molecule has 192 valence electrons. The summed E-state index contributed by atoms with van der Waals surface area (Å²) in [4.78, 5) is 0. The van der Waals surface area contributed by atoms with Crippen molar-refractivity contribution in [3.8, 4) is 39.8 Å². The first-order valence-corrected chi connectivity index (χ1v) is 13.9. The number of fused-ring (bicyclic) bond motifs is 9. The number of hydrogen-bond donors (Lipinski definition) is 0. The van der Waals surface area contributed by atoms with Gasteiger partial charge < -0.3 is 14.0 Å². The largest absolute Gasteiger partial charge is 0.449 e. The molecule has 2 heterocycles. The monoisotopic (exact) mass is 525 g/mol. The van der Waals surface area contributed by atoms with Gasteiger partial charge in [-0.25, -0.2) is 0 Å². The van der Waals surface area contributed by atoms with E-state index in [0.29, 0.717) is 0 Å². The minimum Gasteiger partial charge on any atom is -0.449 e. The van der Waals surface area contributed by atoms with Crippen LogP contribution < -0.4 is 9.47 Å². The summed E-state index contributed by atoms with van der Waals surface area (Å²) in [6, 6.07) is 49.0. The maximum Gasteiger partial charge on any atom is 0.194 e. The van der Waals surface area contributed by atoms with Gasteiger partial charge in [0.25, 0.3) is 0 Å². The Morgan fingerprint density at radius 3 is 1.95 bits per heavy atom. The molecule has 0 unspecified atom stereocenters. The van der Waals surface area contributed by atoms with Crippen molar-refractivity contribution in [3.05, 3.63) is 140 Å². The molecule has 1 aliphatic heterocycles. The Morgan fingerprint density at radius 1 is 0.415 bits per heavy atom. The summed E-state index contributed by atoms with van der Waals surface area (Å²) in [5.41, 5.74) is 5.58. The van der Waals surface area contributed by atoms with Crippen molar-refractivity contribution in [2.24, 2.45) is 0 Å². The number of ether oxygens (including phenoxy) is 2. The topological polar surface area (TPSA) is 23.4 Å². The van der Waals surface area contributed by atoms with Crippen molar-refractivity contribution in [1.29, 1.82) is 0 Å². The second-order valence-electron chi connectivity index (χ2n) is 10.6. The molecule has 0 amide bonds. The molecule has 3 heteroatoms. The summed E-state index contributed by atoms with van der Waals surface area (Å²) >= 11 is 0. The summed E-state index contributed by atoms with van der Waals surface area (Å²) in [6.45, 7) is 0. The molecule has 0 saturated heterocycles. The fourth-order valence-electron chi connectivity index (χ4n) is 6.26. The number of hydrogen-bond acceptors (Lipinski definition) is 2. The number of nitrogens with zero attached hydrogens (tertiary/aromatic N) is 1. The lowest BCUT2D eigenvalue weighted by Gasteiger charge is -2.23. The molecule has 0 atom stereocenters. The number of benzene rings is 7. The highest BCUT2D eigenvalue weighted by atomic mass is 16.6. The van der Waals surface area contributed by atoms with Crippen LogP contribution in [0.1, 0.15) is 0 Å². The van der Waals surface area contributed by atoms with Gasteiger partial charge in [0.15, 0.2) is 23.0 Å². The summed E-state index contributed by atoms with van der Waals surface area (Å²) in [7, 11) is 0. The standard InChI is InChI=1S/C38H23NO2/c1-2-9-27-23-28(14-13-24(27)7-1)25-15-18-29(19-16-25)39-33-12-6-5-11-31(33)32-20-22-35-38(36(32)39)41-37-30-10-4-3-8-26(30)17-21-34(37)40-35/h1-23H. The summed E-state index contributed by atoms with van der Waals surface area (Å²) < 4.78 is 15.5. The molecule has 0 saturated carbocycles. The number of aromatic nitrogens is 1.